The second-order valence-corrected chi connectivity index (χ2v) is 12.5. The quantitative estimate of drug-likeness (QED) is 0.209. The second kappa shape index (κ2) is 12.6. The third-order valence-electron chi connectivity index (χ3n) is 6.05. The first-order chi connectivity index (χ1) is 14.1. The van der Waals surface area contributed by atoms with Crippen molar-refractivity contribution in [2.45, 2.75) is 40.2 Å². The van der Waals surface area contributed by atoms with Crippen LogP contribution in [0, 0.1) is 0 Å². The Balaban J connectivity index is 0.00000171. The monoisotopic (exact) mass is 562 g/mol. The molecule has 0 N–H and O–H groups in total. The Bertz CT molecular complexity index is 1130. The summed E-state index contributed by atoms with van der Waals surface area (Å²) in [5, 5.41) is 8.36. The molecule has 168 valence electrons. The molecule has 6 heteroatoms. The number of hydrogen-bond acceptors (Lipinski definition) is 2. The molecule has 4 aromatic carbocycles. The summed E-state index contributed by atoms with van der Waals surface area (Å²) in [4.78, 5) is 0. The molecular formula is C26H30Cl2O2SiZr. The summed E-state index contributed by atoms with van der Waals surface area (Å²) in [7, 11) is -1.95. The molecular weight excluding hydrogens is 535 g/mol. The van der Waals surface area contributed by atoms with Gasteiger partial charge in [0.15, 0.2) is 0 Å². The normalized spacial score (nSPS) is 11.1. The van der Waals surface area contributed by atoms with Crippen LogP contribution in [0.2, 0.25) is 13.1 Å². The zero-order chi connectivity index (χ0) is 20.4. The van der Waals surface area contributed by atoms with E-state index >= 15 is 0 Å². The van der Waals surface area contributed by atoms with Gasteiger partial charge in [-0.15, -0.1) is 91.6 Å². The van der Waals surface area contributed by atoms with Crippen LogP contribution >= 0.6 is 0 Å². The van der Waals surface area contributed by atoms with Gasteiger partial charge in [-0.1, -0.05) is 25.2 Å². The maximum Gasteiger partial charge on any atom is 4.00 e. The van der Waals surface area contributed by atoms with E-state index in [2.05, 4.69) is 87.6 Å². The van der Waals surface area contributed by atoms with Crippen LogP contribution in [0.3, 0.4) is 0 Å². The molecule has 0 atom stereocenters. The molecule has 32 heavy (non-hydrogen) atoms. The Hall–Kier alpha value is -0.740. The van der Waals surface area contributed by atoms with Crippen LogP contribution in [-0.4, -0.2) is 21.3 Å². The van der Waals surface area contributed by atoms with E-state index in [9.17, 15) is 0 Å². The number of hydrogen-bond donors (Lipinski definition) is 0. The van der Waals surface area contributed by atoms with Gasteiger partial charge in [0.25, 0.3) is 0 Å². The third-order valence-corrected chi connectivity index (χ3v) is 9.60. The summed E-state index contributed by atoms with van der Waals surface area (Å²) >= 11 is 0. The van der Waals surface area contributed by atoms with Crippen LogP contribution in [0.5, 0.6) is 0 Å². The zero-order valence-corrected chi connectivity index (χ0v) is 24.1. The van der Waals surface area contributed by atoms with E-state index in [1.54, 1.807) is 0 Å². The molecule has 0 heterocycles. The number of ether oxygens (including phenoxy) is 2. The van der Waals surface area contributed by atoms with Crippen molar-refractivity contribution < 1.29 is 60.5 Å². The Morgan fingerprint density at radius 2 is 1.44 bits per heavy atom. The first-order valence-corrected chi connectivity index (χ1v) is 13.6. The summed E-state index contributed by atoms with van der Waals surface area (Å²) in [5.74, 6) is 0. The average Bonchev–Trinajstić information content (AvgIpc) is 3.30. The molecule has 0 unspecified atom stereocenters. The van der Waals surface area contributed by atoms with E-state index in [0.717, 1.165) is 13.2 Å². The van der Waals surface area contributed by atoms with Crippen molar-refractivity contribution in [2.75, 3.05) is 13.2 Å². The van der Waals surface area contributed by atoms with Gasteiger partial charge < -0.3 is 34.3 Å². The minimum atomic E-state index is -1.95. The van der Waals surface area contributed by atoms with Crippen molar-refractivity contribution in [1.82, 2.24) is 0 Å². The Morgan fingerprint density at radius 3 is 2.12 bits per heavy atom. The molecule has 0 radical (unpaired) electrons. The van der Waals surface area contributed by atoms with E-state index in [0.29, 0.717) is 13.2 Å². The fourth-order valence-corrected chi connectivity index (χ4v) is 7.72. The summed E-state index contributed by atoms with van der Waals surface area (Å²) in [5.41, 5.74) is 2.68. The van der Waals surface area contributed by atoms with Crippen molar-refractivity contribution >= 4 is 40.0 Å². The second-order valence-electron chi connectivity index (χ2n) is 8.15. The number of halogens is 2. The largest absolute Gasteiger partial charge is 4.00 e. The molecule has 0 aliphatic carbocycles. The summed E-state index contributed by atoms with van der Waals surface area (Å²) in [6.07, 6.45) is 0. The van der Waals surface area contributed by atoms with Gasteiger partial charge in [0.05, 0.1) is 0 Å². The molecule has 4 aromatic rings. The van der Waals surface area contributed by atoms with Crippen LogP contribution in [0.25, 0.3) is 21.5 Å². The molecule has 0 aliphatic heterocycles. The molecule has 0 amide bonds. The fourth-order valence-electron chi connectivity index (χ4n) is 4.52. The minimum absolute atomic E-state index is 0. The van der Waals surface area contributed by atoms with Crippen molar-refractivity contribution in [3.05, 3.63) is 71.8 Å². The van der Waals surface area contributed by atoms with Crippen LogP contribution in [-0.2, 0) is 48.9 Å². The Morgan fingerprint density at radius 1 is 0.844 bits per heavy atom. The van der Waals surface area contributed by atoms with Gasteiger partial charge in [0.1, 0.15) is 0 Å². The molecule has 2 nitrogen and oxygen atoms in total. The van der Waals surface area contributed by atoms with Crippen LogP contribution in [0.15, 0.2) is 60.7 Å². The Kier molecular flexibility index (Phi) is 11.6. The van der Waals surface area contributed by atoms with Gasteiger partial charge in [-0.2, -0.15) is 0 Å². The maximum absolute atomic E-state index is 5.91. The molecule has 0 spiro atoms. The number of fused-ring (bicyclic) bond motifs is 2. The first kappa shape index (κ1) is 29.3. The van der Waals surface area contributed by atoms with Crippen molar-refractivity contribution in [1.29, 1.82) is 0 Å². The standard InChI is InChI=1S/C26H30O2Si.2ClH.Zr/c1-5-27-17-20-16-25(23-14-10-9-13-22(20)23)29(3,4)26-15-19-11-7-8-12-21(19)24(26)18-28-6-2;;;/h7-16H,5-6,17-18H2,1-4H3;2*1H;/q-2;;;+4/p-2. The predicted octanol–water partition coefficient (Wildman–Crippen LogP) is -0.668. The van der Waals surface area contributed by atoms with E-state index in [1.807, 2.05) is 0 Å². The van der Waals surface area contributed by atoms with Crippen molar-refractivity contribution in [2.24, 2.45) is 0 Å². The van der Waals surface area contributed by atoms with Crippen LogP contribution in [0.1, 0.15) is 25.0 Å². The van der Waals surface area contributed by atoms with E-state index < -0.39 is 8.07 Å². The third kappa shape index (κ3) is 5.49. The van der Waals surface area contributed by atoms with Crippen molar-refractivity contribution in [3.63, 3.8) is 0 Å². The van der Waals surface area contributed by atoms with Gasteiger partial charge in [-0.05, 0) is 13.8 Å². The number of benzene rings is 2. The van der Waals surface area contributed by atoms with Crippen molar-refractivity contribution in [3.8, 4) is 0 Å². The summed E-state index contributed by atoms with van der Waals surface area (Å²) in [6.45, 7) is 11.9. The topological polar surface area (TPSA) is 18.5 Å². The smallest absolute Gasteiger partial charge is 1.00 e. The van der Waals surface area contributed by atoms with E-state index in [1.165, 1.54) is 43.0 Å². The first-order valence-electron chi connectivity index (χ1n) is 10.6. The average molecular weight is 565 g/mol. The SMILES string of the molecule is CCOCc1c([Si](C)(C)[c-]2cc(COCC)c3ccccc32)[cH-]c2ccccc12.[Cl-].[Cl-].[Zr+4]. The van der Waals surface area contributed by atoms with Gasteiger partial charge in [0.2, 0.25) is 0 Å². The molecule has 0 aliphatic rings. The summed E-state index contributed by atoms with van der Waals surface area (Å²) in [6, 6.07) is 22.4. The molecule has 0 aromatic heterocycles. The summed E-state index contributed by atoms with van der Waals surface area (Å²) < 4.78 is 11.7. The van der Waals surface area contributed by atoms with E-state index in [-0.39, 0.29) is 51.0 Å². The molecule has 0 saturated carbocycles. The van der Waals surface area contributed by atoms with Gasteiger partial charge in [-0.25, -0.2) is 0 Å². The van der Waals surface area contributed by atoms with Gasteiger partial charge >= 0.3 is 26.2 Å². The van der Waals surface area contributed by atoms with Crippen LogP contribution < -0.4 is 35.2 Å². The Labute approximate surface area is 224 Å². The van der Waals surface area contributed by atoms with Crippen LogP contribution in [0.4, 0.5) is 0 Å². The predicted molar refractivity (Wildman–Crippen MR) is 126 cm³/mol. The number of rotatable bonds is 8. The zero-order valence-electron chi connectivity index (χ0n) is 19.2. The minimum Gasteiger partial charge on any atom is -1.00 e. The fraction of sp³-hybridized carbons (Fsp3) is 0.308. The van der Waals surface area contributed by atoms with Gasteiger partial charge in [0, 0.05) is 34.5 Å². The molecule has 0 bridgehead atoms. The maximum atomic E-state index is 5.91. The van der Waals surface area contributed by atoms with Gasteiger partial charge in [-0.3, -0.25) is 0 Å². The molecule has 0 fully saturated rings. The molecule has 0 saturated heterocycles. The molecule has 4 rings (SSSR count). The van der Waals surface area contributed by atoms with E-state index in [4.69, 9.17) is 9.47 Å².